The Morgan fingerprint density at radius 3 is 2.83 bits per heavy atom. The number of nitrogens with two attached hydrogens (primary N) is 1. The Morgan fingerprint density at radius 1 is 1.31 bits per heavy atom. The summed E-state index contributed by atoms with van der Waals surface area (Å²) in [5, 5.41) is 14.0. The fraction of sp³-hybridized carbons (Fsp3) is 0.0476. The molecule has 0 aliphatic carbocycles. The van der Waals surface area contributed by atoms with Crippen LogP contribution in [0.15, 0.2) is 76.9 Å². The third kappa shape index (κ3) is 5.76. The highest BCUT2D eigenvalue weighted by Gasteiger charge is 2.07. The zero-order valence-corrected chi connectivity index (χ0v) is 16.3. The highest BCUT2D eigenvalue weighted by Crippen LogP contribution is 2.27. The van der Waals surface area contributed by atoms with Crippen LogP contribution >= 0.6 is 11.3 Å². The van der Waals surface area contributed by atoms with Crippen molar-refractivity contribution in [2.45, 2.75) is 6.42 Å². The topological polar surface area (TPSA) is 109 Å². The summed E-state index contributed by atoms with van der Waals surface area (Å²) < 4.78 is 5.77. The standard InChI is InChI=1S/C21H18N6OS/c1-24-12-10-16(4-2-11-22)28-17-8-6-15(7-9-17)25-20-14-18(26-21(23)27-20)19-5-3-13-29-19/h3-10,12-14H,1-2H2,(H3,23,25,26,27)/b12-10-,16-4+. The predicted molar refractivity (Wildman–Crippen MR) is 117 cm³/mol. The second-order valence-corrected chi connectivity index (χ2v) is 6.64. The lowest BCUT2D eigenvalue weighted by Gasteiger charge is -2.10. The molecule has 3 rings (SSSR count). The van der Waals surface area contributed by atoms with E-state index in [9.17, 15) is 0 Å². The number of hydrogen-bond acceptors (Lipinski definition) is 8. The van der Waals surface area contributed by atoms with Crippen molar-refractivity contribution < 1.29 is 4.74 Å². The number of thiophene rings is 1. The molecule has 0 saturated carbocycles. The van der Waals surface area contributed by atoms with Gasteiger partial charge in [0, 0.05) is 18.0 Å². The Bertz CT molecular complexity index is 1070. The maximum absolute atomic E-state index is 8.75. The van der Waals surface area contributed by atoms with Gasteiger partial charge in [-0.1, -0.05) is 6.07 Å². The summed E-state index contributed by atoms with van der Waals surface area (Å²) in [5.74, 6) is 1.94. The summed E-state index contributed by atoms with van der Waals surface area (Å²) in [6.45, 7) is 3.39. The number of allylic oxidation sites excluding steroid dienone is 2. The number of benzene rings is 1. The maximum atomic E-state index is 8.75. The van der Waals surface area contributed by atoms with Crippen LogP contribution in [0.25, 0.3) is 10.6 Å². The molecule has 0 amide bonds. The molecule has 2 heterocycles. The van der Waals surface area contributed by atoms with Gasteiger partial charge in [-0.05, 0) is 54.6 Å². The SMILES string of the molecule is C=N/C=C\C(=C/CC#N)Oc1ccc(Nc2cc(-c3cccs3)nc(N)n2)cc1. The predicted octanol–water partition coefficient (Wildman–Crippen LogP) is 4.92. The molecule has 0 bridgehead atoms. The van der Waals surface area contributed by atoms with Gasteiger partial charge in [-0.2, -0.15) is 10.2 Å². The number of aliphatic imine (C=N–C) groups is 1. The van der Waals surface area contributed by atoms with E-state index in [1.165, 1.54) is 6.20 Å². The average Bonchev–Trinajstić information content (AvgIpc) is 3.26. The second kappa shape index (κ2) is 9.82. The third-order valence-electron chi connectivity index (χ3n) is 3.62. The average molecular weight is 402 g/mol. The van der Waals surface area contributed by atoms with Crippen LogP contribution in [0.2, 0.25) is 0 Å². The fourth-order valence-electron chi connectivity index (χ4n) is 2.39. The van der Waals surface area contributed by atoms with Gasteiger partial charge in [0.25, 0.3) is 0 Å². The normalized spacial score (nSPS) is 11.2. The van der Waals surface area contributed by atoms with Gasteiger partial charge in [0.1, 0.15) is 17.3 Å². The Labute approximate surface area is 172 Å². The summed E-state index contributed by atoms with van der Waals surface area (Å²) >= 11 is 1.59. The summed E-state index contributed by atoms with van der Waals surface area (Å²) in [5.41, 5.74) is 7.44. The molecule has 0 spiro atoms. The Kier molecular flexibility index (Phi) is 6.71. The number of nitrogens with zero attached hydrogens (tertiary/aromatic N) is 4. The van der Waals surface area contributed by atoms with Crippen molar-refractivity contribution in [3.05, 3.63) is 72.0 Å². The maximum Gasteiger partial charge on any atom is 0.222 e. The molecule has 7 nitrogen and oxygen atoms in total. The Hall–Kier alpha value is -3.96. The molecule has 2 aromatic heterocycles. The first-order chi connectivity index (χ1) is 14.2. The molecule has 0 atom stereocenters. The van der Waals surface area contributed by atoms with E-state index in [2.05, 4.69) is 27.0 Å². The van der Waals surface area contributed by atoms with Crippen molar-refractivity contribution in [2.75, 3.05) is 11.1 Å². The fourth-order valence-corrected chi connectivity index (χ4v) is 3.07. The monoisotopic (exact) mass is 402 g/mol. The number of hydrogen-bond donors (Lipinski definition) is 2. The molecule has 144 valence electrons. The summed E-state index contributed by atoms with van der Waals surface area (Å²) in [6.07, 6.45) is 5.05. The van der Waals surface area contributed by atoms with E-state index in [0.717, 1.165) is 16.3 Å². The largest absolute Gasteiger partial charge is 0.458 e. The van der Waals surface area contributed by atoms with Gasteiger partial charge in [-0.15, -0.1) is 11.3 Å². The molecule has 1 aromatic carbocycles. The smallest absolute Gasteiger partial charge is 0.222 e. The van der Waals surface area contributed by atoms with E-state index in [4.69, 9.17) is 15.7 Å². The number of ether oxygens (including phenoxy) is 1. The molecular formula is C21H18N6OS. The minimum absolute atomic E-state index is 0.202. The van der Waals surface area contributed by atoms with Crippen LogP contribution in [0.1, 0.15) is 6.42 Å². The number of aromatic nitrogens is 2. The highest BCUT2D eigenvalue weighted by atomic mass is 32.1. The molecule has 0 fully saturated rings. The van der Waals surface area contributed by atoms with Crippen molar-refractivity contribution in [3.63, 3.8) is 0 Å². The van der Waals surface area contributed by atoms with Crippen LogP contribution in [0.4, 0.5) is 17.5 Å². The van der Waals surface area contributed by atoms with Crippen LogP contribution in [0, 0.1) is 11.3 Å². The number of rotatable bonds is 8. The molecule has 3 N–H and O–H groups in total. The van der Waals surface area contributed by atoms with Crippen LogP contribution in [-0.4, -0.2) is 16.7 Å². The van der Waals surface area contributed by atoms with Crippen LogP contribution in [0.3, 0.4) is 0 Å². The van der Waals surface area contributed by atoms with Gasteiger partial charge in [-0.25, -0.2) is 4.98 Å². The first kappa shape index (κ1) is 19.8. The lowest BCUT2D eigenvalue weighted by Crippen LogP contribution is -2.01. The number of nitrogens with one attached hydrogen (secondary N) is 1. The van der Waals surface area contributed by atoms with Gasteiger partial charge in [0.2, 0.25) is 5.95 Å². The van der Waals surface area contributed by atoms with Gasteiger partial charge in [0.15, 0.2) is 0 Å². The van der Waals surface area contributed by atoms with Crippen molar-refractivity contribution in [1.29, 1.82) is 5.26 Å². The second-order valence-electron chi connectivity index (χ2n) is 5.69. The number of nitriles is 1. The zero-order valence-electron chi connectivity index (χ0n) is 15.4. The molecule has 0 aliphatic rings. The third-order valence-corrected chi connectivity index (χ3v) is 4.51. The summed E-state index contributed by atoms with van der Waals surface area (Å²) in [7, 11) is 0. The van der Waals surface area contributed by atoms with E-state index in [1.54, 1.807) is 23.5 Å². The van der Waals surface area contributed by atoms with Gasteiger partial charge in [-0.3, -0.25) is 4.99 Å². The number of anilines is 3. The molecule has 3 aromatic rings. The molecule has 0 saturated heterocycles. The molecular weight excluding hydrogens is 384 g/mol. The summed E-state index contributed by atoms with van der Waals surface area (Å²) in [4.78, 5) is 13.2. The quantitative estimate of drug-likeness (QED) is 0.314. The van der Waals surface area contributed by atoms with Crippen LogP contribution in [-0.2, 0) is 0 Å². The van der Waals surface area contributed by atoms with Crippen molar-refractivity contribution in [2.24, 2.45) is 4.99 Å². The van der Waals surface area contributed by atoms with Gasteiger partial charge in [0.05, 0.1) is 23.1 Å². The Morgan fingerprint density at radius 2 is 2.14 bits per heavy atom. The lowest BCUT2D eigenvalue weighted by molar-refractivity contribution is 0.442. The minimum Gasteiger partial charge on any atom is -0.458 e. The van der Waals surface area contributed by atoms with Crippen LogP contribution < -0.4 is 15.8 Å². The molecule has 8 heteroatoms. The Balaban J connectivity index is 1.73. The van der Waals surface area contributed by atoms with Gasteiger partial charge < -0.3 is 15.8 Å². The molecule has 0 aliphatic heterocycles. The van der Waals surface area contributed by atoms with Crippen LogP contribution in [0.5, 0.6) is 5.75 Å². The number of nitrogen functional groups attached to an aromatic ring is 1. The molecule has 0 radical (unpaired) electrons. The van der Waals surface area contributed by atoms with E-state index in [-0.39, 0.29) is 12.4 Å². The first-order valence-corrected chi connectivity index (χ1v) is 9.49. The van der Waals surface area contributed by atoms with Gasteiger partial charge >= 0.3 is 0 Å². The minimum atomic E-state index is 0.202. The van der Waals surface area contributed by atoms with Crippen molar-refractivity contribution in [1.82, 2.24) is 9.97 Å². The molecule has 0 unspecified atom stereocenters. The summed E-state index contributed by atoms with van der Waals surface area (Å²) in [6, 6.07) is 15.2. The van der Waals surface area contributed by atoms with Crippen molar-refractivity contribution >= 4 is 35.5 Å². The van der Waals surface area contributed by atoms with E-state index >= 15 is 0 Å². The van der Waals surface area contributed by atoms with E-state index in [0.29, 0.717) is 17.3 Å². The lowest BCUT2D eigenvalue weighted by atomic mass is 10.3. The first-order valence-electron chi connectivity index (χ1n) is 8.61. The highest BCUT2D eigenvalue weighted by molar-refractivity contribution is 7.13. The zero-order chi connectivity index (χ0) is 20.5. The van der Waals surface area contributed by atoms with Crippen molar-refractivity contribution in [3.8, 4) is 22.4 Å². The van der Waals surface area contributed by atoms with E-state index < -0.39 is 0 Å². The van der Waals surface area contributed by atoms with E-state index in [1.807, 2.05) is 53.9 Å². The molecule has 29 heavy (non-hydrogen) atoms.